The average molecular weight is 417 g/mol. The third-order valence-corrected chi connectivity index (χ3v) is 5.26. The number of hydrogen-bond acceptors (Lipinski definition) is 5. The SMILES string of the molecule is CCn1c(SCC(=O)Nc2ccccc2Cl)nnc1[C@H](C)Oc1ccccc1. The zero-order valence-electron chi connectivity index (χ0n) is 15.6. The topological polar surface area (TPSA) is 69.0 Å². The van der Waals surface area contributed by atoms with Crippen LogP contribution in [0, 0.1) is 0 Å². The molecule has 1 aromatic heterocycles. The van der Waals surface area contributed by atoms with Crippen LogP contribution in [0.1, 0.15) is 25.8 Å². The van der Waals surface area contributed by atoms with Gasteiger partial charge in [0.15, 0.2) is 17.1 Å². The lowest BCUT2D eigenvalue weighted by Crippen LogP contribution is -2.15. The molecular formula is C20H21ClN4O2S. The minimum absolute atomic E-state index is 0.154. The van der Waals surface area contributed by atoms with Gasteiger partial charge in [0.2, 0.25) is 5.91 Å². The molecular weight excluding hydrogens is 396 g/mol. The molecule has 28 heavy (non-hydrogen) atoms. The molecule has 0 saturated heterocycles. The standard InChI is InChI=1S/C20H21ClN4O2S/c1-3-25-19(14(2)27-15-9-5-4-6-10-15)23-24-20(25)28-13-18(26)22-17-12-8-7-11-16(17)21/h4-12,14H,3,13H2,1-2H3,(H,22,26)/t14-/m0/s1. The molecule has 0 aliphatic rings. The Morgan fingerprint density at radius 3 is 2.61 bits per heavy atom. The van der Waals surface area contributed by atoms with Crippen LogP contribution in [0.5, 0.6) is 5.75 Å². The molecule has 3 aromatic rings. The van der Waals surface area contributed by atoms with Crippen LogP contribution in [-0.4, -0.2) is 26.4 Å². The molecule has 2 aromatic carbocycles. The highest BCUT2D eigenvalue weighted by Gasteiger charge is 2.19. The maximum atomic E-state index is 12.2. The fraction of sp³-hybridized carbons (Fsp3) is 0.250. The van der Waals surface area contributed by atoms with E-state index < -0.39 is 0 Å². The number of nitrogens with zero attached hydrogens (tertiary/aromatic N) is 3. The van der Waals surface area contributed by atoms with Gasteiger partial charge >= 0.3 is 0 Å². The van der Waals surface area contributed by atoms with Crippen molar-refractivity contribution in [3.05, 3.63) is 65.4 Å². The lowest BCUT2D eigenvalue weighted by molar-refractivity contribution is -0.113. The van der Waals surface area contributed by atoms with Gasteiger partial charge in [-0.1, -0.05) is 53.7 Å². The first-order valence-corrected chi connectivity index (χ1v) is 10.3. The number of hydrogen-bond donors (Lipinski definition) is 1. The van der Waals surface area contributed by atoms with Crippen molar-refractivity contribution in [2.45, 2.75) is 31.7 Å². The molecule has 0 saturated carbocycles. The van der Waals surface area contributed by atoms with Crippen molar-refractivity contribution in [1.29, 1.82) is 0 Å². The summed E-state index contributed by atoms with van der Waals surface area (Å²) in [4.78, 5) is 12.2. The number of rotatable bonds is 8. The van der Waals surface area contributed by atoms with Crippen LogP contribution in [0.15, 0.2) is 59.8 Å². The minimum Gasteiger partial charge on any atom is -0.483 e. The van der Waals surface area contributed by atoms with Gasteiger partial charge in [-0.05, 0) is 38.1 Å². The Kier molecular flexibility index (Phi) is 6.95. The molecule has 0 radical (unpaired) electrons. The van der Waals surface area contributed by atoms with Gasteiger partial charge in [-0.15, -0.1) is 10.2 Å². The molecule has 1 amide bonds. The van der Waals surface area contributed by atoms with E-state index >= 15 is 0 Å². The van der Waals surface area contributed by atoms with E-state index in [1.807, 2.05) is 60.9 Å². The molecule has 0 aliphatic heterocycles. The second kappa shape index (κ2) is 9.61. The van der Waals surface area contributed by atoms with Crippen molar-refractivity contribution in [3.8, 4) is 5.75 Å². The van der Waals surface area contributed by atoms with E-state index in [0.717, 1.165) is 11.6 Å². The number of halogens is 1. The fourth-order valence-corrected chi connectivity index (χ4v) is 3.63. The van der Waals surface area contributed by atoms with Crippen LogP contribution in [0.4, 0.5) is 5.69 Å². The number of thioether (sulfide) groups is 1. The summed E-state index contributed by atoms with van der Waals surface area (Å²) < 4.78 is 7.91. The Morgan fingerprint density at radius 1 is 1.18 bits per heavy atom. The van der Waals surface area contributed by atoms with Gasteiger partial charge in [-0.3, -0.25) is 4.79 Å². The van der Waals surface area contributed by atoms with Crippen LogP contribution in [-0.2, 0) is 11.3 Å². The molecule has 0 bridgehead atoms. The van der Waals surface area contributed by atoms with Crippen molar-refractivity contribution in [2.24, 2.45) is 0 Å². The van der Waals surface area contributed by atoms with E-state index in [-0.39, 0.29) is 17.8 Å². The molecule has 1 heterocycles. The quantitative estimate of drug-likeness (QED) is 0.533. The monoisotopic (exact) mass is 416 g/mol. The molecule has 0 spiro atoms. The molecule has 3 rings (SSSR count). The zero-order chi connectivity index (χ0) is 19.9. The van der Waals surface area contributed by atoms with Crippen LogP contribution in [0.25, 0.3) is 0 Å². The number of carbonyl (C=O) groups is 1. The molecule has 0 unspecified atom stereocenters. The maximum Gasteiger partial charge on any atom is 0.234 e. The summed E-state index contributed by atoms with van der Waals surface area (Å²) in [5.41, 5.74) is 0.595. The van der Waals surface area contributed by atoms with Gasteiger partial charge in [-0.2, -0.15) is 0 Å². The van der Waals surface area contributed by atoms with Gasteiger partial charge in [0.05, 0.1) is 16.5 Å². The predicted octanol–water partition coefficient (Wildman–Crippen LogP) is 4.82. The van der Waals surface area contributed by atoms with E-state index in [9.17, 15) is 4.79 Å². The Bertz CT molecular complexity index is 933. The number of ether oxygens (including phenoxy) is 1. The number of anilines is 1. The van der Waals surface area contributed by atoms with Crippen molar-refractivity contribution < 1.29 is 9.53 Å². The molecule has 6 nitrogen and oxygen atoms in total. The summed E-state index contributed by atoms with van der Waals surface area (Å²) in [7, 11) is 0. The number of nitrogens with one attached hydrogen (secondary N) is 1. The molecule has 0 aliphatic carbocycles. The van der Waals surface area contributed by atoms with Gasteiger partial charge in [0.25, 0.3) is 0 Å². The molecule has 1 atom stereocenters. The fourth-order valence-electron chi connectivity index (χ4n) is 2.64. The number of amides is 1. The van der Waals surface area contributed by atoms with Crippen molar-refractivity contribution in [2.75, 3.05) is 11.1 Å². The summed E-state index contributed by atoms with van der Waals surface area (Å²) >= 11 is 7.40. The molecule has 8 heteroatoms. The van der Waals surface area contributed by atoms with E-state index in [2.05, 4.69) is 15.5 Å². The van der Waals surface area contributed by atoms with E-state index in [0.29, 0.717) is 22.4 Å². The maximum absolute atomic E-state index is 12.2. The third kappa shape index (κ3) is 5.05. The molecule has 1 N–H and O–H groups in total. The van der Waals surface area contributed by atoms with E-state index in [4.69, 9.17) is 16.3 Å². The number of para-hydroxylation sites is 2. The lowest BCUT2D eigenvalue weighted by Gasteiger charge is -2.15. The first kappa shape index (κ1) is 20.2. The van der Waals surface area contributed by atoms with Crippen molar-refractivity contribution in [3.63, 3.8) is 0 Å². The zero-order valence-corrected chi connectivity index (χ0v) is 17.2. The summed E-state index contributed by atoms with van der Waals surface area (Å²) in [5, 5.41) is 12.5. The van der Waals surface area contributed by atoms with Crippen LogP contribution in [0.2, 0.25) is 5.02 Å². The third-order valence-electron chi connectivity index (χ3n) is 3.96. The number of carbonyl (C=O) groups excluding carboxylic acids is 1. The Hall–Kier alpha value is -2.51. The van der Waals surface area contributed by atoms with Crippen molar-refractivity contribution >= 4 is 35.0 Å². The largest absolute Gasteiger partial charge is 0.483 e. The van der Waals surface area contributed by atoms with Gasteiger partial charge in [-0.25, -0.2) is 0 Å². The number of benzene rings is 2. The van der Waals surface area contributed by atoms with E-state index in [1.54, 1.807) is 12.1 Å². The Balaban J connectivity index is 1.63. The van der Waals surface area contributed by atoms with Crippen molar-refractivity contribution in [1.82, 2.24) is 14.8 Å². The Morgan fingerprint density at radius 2 is 1.89 bits per heavy atom. The first-order chi connectivity index (χ1) is 13.6. The lowest BCUT2D eigenvalue weighted by atomic mass is 10.3. The summed E-state index contributed by atoms with van der Waals surface area (Å²) in [6, 6.07) is 16.7. The minimum atomic E-state index is -0.263. The summed E-state index contributed by atoms with van der Waals surface area (Å²) in [6.45, 7) is 4.62. The van der Waals surface area contributed by atoms with Gasteiger partial charge in [0, 0.05) is 6.54 Å². The number of aromatic nitrogens is 3. The highest BCUT2D eigenvalue weighted by atomic mass is 35.5. The highest BCUT2D eigenvalue weighted by molar-refractivity contribution is 7.99. The van der Waals surface area contributed by atoms with E-state index in [1.165, 1.54) is 11.8 Å². The first-order valence-electron chi connectivity index (χ1n) is 8.90. The average Bonchev–Trinajstić information content (AvgIpc) is 3.12. The second-order valence-electron chi connectivity index (χ2n) is 5.97. The van der Waals surface area contributed by atoms with Crippen LogP contribution >= 0.6 is 23.4 Å². The van der Waals surface area contributed by atoms with Gasteiger partial charge in [0.1, 0.15) is 5.75 Å². The molecule has 0 fully saturated rings. The van der Waals surface area contributed by atoms with Crippen LogP contribution < -0.4 is 10.1 Å². The summed E-state index contributed by atoms with van der Waals surface area (Å²) in [5.74, 6) is 1.55. The van der Waals surface area contributed by atoms with Gasteiger partial charge < -0.3 is 14.6 Å². The Labute approximate surface area is 173 Å². The highest BCUT2D eigenvalue weighted by Crippen LogP contribution is 2.25. The van der Waals surface area contributed by atoms with Crippen LogP contribution in [0.3, 0.4) is 0 Å². The normalized spacial score (nSPS) is 11.8. The second-order valence-corrected chi connectivity index (χ2v) is 7.32. The molecule has 146 valence electrons. The smallest absolute Gasteiger partial charge is 0.234 e. The predicted molar refractivity (Wildman–Crippen MR) is 112 cm³/mol. The summed E-state index contributed by atoms with van der Waals surface area (Å²) in [6.07, 6.45) is -0.263.